The molecule has 108 valence electrons. The minimum Gasteiger partial charge on any atom is -0.480 e. The number of ether oxygens (including phenoxy) is 2. The maximum Gasteiger partial charge on any atom is 0.227 e. The Balaban J connectivity index is 2.03. The Morgan fingerprint density at radius 1 is 1.55 bits per heavy atom. The third-order valence-electron chi connectivity index (χ3n) is 3.44. The first-order valence-corrected chi connectivity index (χ1v) is 6.26. The van der Waals surface area contributed by atoms with E-state index >= 15 is 0 Å². The van der Waals surface area contributed by atoms with Crippen LogP contribution in [-0.4, -0.2) is 50.7 Å². The van der Waals surface area contributed by atoms with Crippen molar-refractivity contribution in [2.45, 2.75) is 24.9 Å². The van der Waals surface area contributed by atoms with Crippen LogP contribution in [0.5, 0.6) is 5.88 Å². The molecule has 1 aliphatic rings. The monoisotopic (exact) mass is 280 g/mol. The van der Waals surface area contributed by atoms with Crippen molar-refractivity contribution in [2.75, 3.05) is 19.5 Å². The Morgan fingerprint density at radius 3 is 3.00 bits per heavy atom. The first-order chi connectivity index (χ1) is 9.63. The molecule has 0 amide bonds. The van der Waals surface area contributed by atoms with Crippen LogP contribution in [-0.2, 0) is 4.74 Å². The van der Waals surface area contributed by atoms with Crippen molar-refractivity contribution < 1.29 is 19.7 Å². The molecule has 0 unspecified atom stereocenters. The fourth-order valence-corrected chi connectivity index (χ4v) is 2.46. The van der Waals surface area contributed by atoms with Gasteiger partial charge in [0, 0.05) is 12.6 Å². The van der Waals surface area contributed by atoms with Crippen LogP contribution in [0.3, 0.4) is 0 Å². The predicted octanol–water partition coefficient (Wildman–Crippen LogP) is -0.337. The smallest absolute Gasteiger partial charge is 0.227 e. The predicted molar refractivity (Wildman–Crippen MR) is 70.1 cm³/mol. The first kappa shape index (κ1) is 13.1. The molecule has 0 aromatic carbocycles. The number of methoxy groups -OCH3 is 1. The lowest BCUT2D eigenvalue weighted by atomic mass is 10.2. The summed E-state index contributed by atoms with van der Waals surface area (Å²) in [6.45, 7) is -0.225. The second-order valence-corrected chi connectivity index (χ2v) is 4.67. The lowest BCUT2D eigenvalue weighted by Crippen LogP contribution is -2.24. The number of fused-ring (bicyclic) bond motifs is 1. The summed E-state index contributed by atoms with van der Waals surface area (Å²) >= 11 is 0. The minimum atomic E-state index is -0.705. The fraction of sp³-hybridized carbons (Fsp3) is 0.500. The molecule has 20 heavy (non-hydrogen) atoms. The maximum atomic E-state index is 9.81. The highest BCUT2D eigenvalue weighted by Crippen LogP contribution is 2.33. The molecule has 0 radical (unpaired) electrons. The van der Waals surface area contributed by atoms with Gasteiger partial charge in [0.15, 0.2) is 5.65 Å². The summed E-state index contributed by atoms with van der Waals surface area (Å²) in [6, 6.07) is 1.80. The molecule has 8 heteroatoms. The molecule has 2 aromatic rings. The van der Waals surface area contributed by atoms with E-state index in [1.807, 2.05) is 0 Å². The molecule has 1 saturated heterocycles. The van der Waals surface area contributed by atoms with Crippen LogP contribution in [0.4, 0.5) is 5.95 Å². The molecule has 4 N–H and O–H groups in total. The lowest BCUT2D eigenvalue weighted by molar-refractivity contribution is -0.0430. The second-order valence-electron chi connectivity index (χ2n) is 4.67. The quantitative estimate of drug-likeness (QED) is 0.704. The highest BCUT2D eigenvalue weighted by atomic mass is 16.5. The Labute approximate surface area is 114 Å². The number of hydrogen-bond acceptors (Lipinski definition) is 7. The van der Waals surface area contributed by atoms with Gasteiger partial charge in [-0.1, -0.05) is 0 Å². The van der Waals surface area contributed by atoms with Crippen LogP contribution >= 0.6 is 0 Å². The summed E-state index contributed by atoms with van der Waals surface area (Å²) in [5.41, 5.74) is 6.24. The van der Waals surface area contributed by atoms with Crippen molar-refractivity contribution in [3.63, 3.8) is 0 Å². The van der Waals surface area contributed by atoms with Crippen LogP contribution < -0.4 is 10.5 Å². The molecule has 8 nitrogen and oxygen atoms in total. The highest BCUT2D eigenvalue weighted by Gasteiger charge is 2.35. The molecule has 0 bridgehead atoms. The molecule has 3 heterocycles. The minimum absolute atomic E-state index is 0.103. The molecular weight excluding hydrogens is 264 g/mol. The molecule has 1 fully saturated rings. The van der Waals surface area contributed by atoms with E-state index in [4.69, 9.17) is 20.3 Å². The largest absolute Gasteiger partial charge is 0.480 e. The average Bonchev–Trinajstić information content (AvgIpc) is 3.00. The molecule has 0 spiro atoms. The normalized spacial score (nSPS) is 26.2. The Morgan fingerprint density at radius 2 is 2.35 bits per heavy atom. The Bertz CT molecular complexity index is 629. The van der Waals surface area contributed by atoms with Crippen LogP contribution in [0.15, 0.2) is 12.3 Å². The van der Waals surface area contributed by atoms with Gasteiger partial charge in [-0.15, -0.1) is 0 Å². The number of aliphatic hydroxyl groups excluding tert-OH is 2. The van der Waals surface area contributed by atoms with Gasteiger partial charge in [0.05, 0.1) is 25.2 Å². The van der Waals surface area contributed by atoms with E-state index in [0.717, 1.165) is 0 Å². The number of nitrogens with zero attached hydrogens (tertiary/aromatic N) is 3. The van der Waals surface area contributed by atoms with Crippen LogP contribution in [0.25, 0.3) is 11.0 Å². The van der Waals surface area contributed by atoms with Crippen molar-refractivity contribution in [1.82, 2.24) is 14.5 Å². The second kappa shape index (κ2) is 4.89. The summed E-state index contributed by atoms with van der Waals surface area (Å²) < 4.78 is 12.5. The van der Waals surface area contributed by atoms with E-state index in [1.54, 1.807) is 16.8 Å². The standard InChI is InChI=1S/C12H16N4O4/c1-19-11-6-2-3-16(10(6)14-12(13)15-11)9-4-7(18)8(5-17)20-9/h2-3,7-9,17-18H,4-5H2,1H3,(H2,13,14,15)/t7-,8-,9-/m0/s1. The summed E-state index contributed by atoms with van der Waals surface area (Å²) in [5.74, 6) is 0.495. The maximum absolute atomic E-state index is 9.81. The topological polar surface area (TPSA) is 116 Å². The summed E-state index contributed by atoms with van der Waals surface area (Å²) in [7, 11) is 1.51. The molecule has 1 aliphatic heterocycles. The zero-order chi connectivity index (χ0) is 14.3. The van der Waals surface area contributed by atoms with Crippen molar-refractivity contribution in [3.8, 4) is 5.88 Å². The van der Waals surface area contributed by atoms with E-state index in [2.05, 4.69) is 9.97 Å². The zero-order valence-corrected chi connectivity index (χ0v) is 10.9. The van der Waals surface area contributed by atoms with Crippen LogP contribution in [0.1, 0.15) is 12.6 Å². The SMILES string of the molecule is COc1nc(N)nc2c1ccn2[C@@H]1C[C@H](O)[C@H](CO)O1. The number of nitrogens with two attached hydrogens (primary N) is 1. The van der Waals surface area contributed by atoms with E-state index in [0.29, 0.717) is 23.3 Å². The average molecular weight is 280 g/mol. The van der Waals surface area contributed by atoms with E-state index in [1.165, 1.54) is 7.11 Å². The van der Waals surface area contributed by atoms with Crippen LogP contribution in [0, 0.1) is 0 Å². The van der Waals surface area contributed by atoms with Crippen LogP contribution in [0.2, 0.25) is 0 Å². The van der Waals surface area contributed by atoms with Gasteiger partial charge < -0.3 is 30.0 Å². The Kier molecular flexibility index (Phi) is 3.20. The zero-order valence-electron chi connectivity index (χ0n) is 10.9. The number of anilines is 1. The number of aliphatic hydroxyl groups is 2. The molecule has 0 aliphatic carbocycles. The molecule has 3 rings (SSSR count). The van der Waals surface area contributed by atoms with E-state index in [-0.39, 0.29) is 12.6 Å². The number of nitrogen functional groups attached to an aromatic ring is 1. The third kappa shape index (κ3) is 1.98. The van der Waals surface area contributed by atoms with Gasteiger partial charge in [-0.25, -0.2) is 0 Å². The van der Waals surface area contributed by atoms with E-state index < -0.39 is 18.4 Å². The lowest BCUT2D eigenvalue weighted by Gasteiger charge is -2.14. The number of hydrogen-bond donors (Lipinski definition) is 3. The van der Waals surface area contributed by atoms with Gasteiger partial charge in [-0.2, -0.15) is 9.97 Å². The van der Waals surface area contributed by atoms with Gasteiger partial charge in [-0.3, -0.25) is 0 Å². The summed E-state index contributed by atoms with van der Waals surface area (Å²) in [5, 5.41) is 19.7. The summed E-state index contributed by atoms with van der Waals surface area (Å²) in [4.78, 5) is 8.20. The number of aromatic nitrogens is 3. The van der Waals surface area contributed by atoms with Crippen molar-refractivity contribution in [3.05, 3.63) is 12.3 Å². The summed E-state index contributed by atoms with van der Waals surface area (Å²) in [6.07, 6.45) is 0.459. The van der Waals surface area contributed by atoms with Gasteiger partial charge in [0.2, 0.25) is 11.8 Å². The fourth-order valence-electron chi connectivity index (χ4n) is 2.46. The number of rotatable bonds is 3. The van der Waals surface area contributed by atoms with Crippen molar-refractivity contribution >= 4 is 17.0 Å². The molecular formula is C12H16N4O4. The molecule has 2 aromatic heterocycles. The van der Waals surface area contributed by atoms with Crippen molar-refractivity contribution in [2.24, 2.45) is 0 Å². The third-order valence-corrected chi connectivity index (χ3v) is 3.44. The molecule has 0 saturated carbocycles. The van der Waals surface area contributed by atoms with Crippen molar-refractivity contribution in [1.29, 1.82) is 0 Å². The van der Waals surface area contributed by atoms with Gasteiger partial charge >= 0.3 is 0 Å². The molecule has 3 atom stereocenters. The van der Waals surface area contributed by atoms with E-state index in [9.17, 15) is 5.11 Å². The van der Waals surface area contributed by atoms with Gasteiger partial charge in [-0.05, 0) is 6.07 Å². The first-order valence-electron chi connectivity index (χ1n) is 6.26. The highest BCUT2D eigenvalue weighted by molar-refractivity contribution is 5.82. The Hall–Kier alpha value is -1.90. The van der Waals surface area contributed by atoms with Gasteiger partial charge in [0.25, 0.3) is 0 Å². The van der Waals surface area contributed by atoms with Gasteiger partial charge in [0.1, 0.15) is 12.3 Å².